The van der Waals surface area contributed by atoms with E-state index in [1.807, 2.05) is 0 Å². The second-order valence-electron chi connectivity index (χ2n) is 2.65. The van der Waals surface area contributed by atoms with Gasteiger partial charge >= 0.3 is 47.9 Å². The fourth-order valence-corrected chi connectivity index (χ4v) is 1.51. The van der Waals surface area contributed by atoms with Crippen LogP contribution < -0.4 is 0 Å². The molecule has 90 valence electrons. The van der Waals surface area contributed by atoms with E-state index >= 15 is 0 Å². The molecule has 0 spiro atoms. The Morgan fingerprint density at radius 1 is 1.06 bits per heavy atom. The van der Waals surface area contributed by atoms with Crippen molar-refractivity contribution in [2.75, 3.05) is 0 Å². The van der Waals surface area contributed by atoms with Gasteiger partial charge in [-0.15, -0.1) is 0 Å². The van der Waals surface area contributed by atoms with Gasteiger partial charge in [-0.1, -0.05) is 30.3 Å². The van der Waals surface area contributed by atoms with Gasteiger partial charge in [-0.05, 0) is 11.6 Å². The van der Waals surface area contributed by atoms with Gasteiger partial charge in [-0.2, -0.15) is 16.8 Å². The molecule has 0 aliphatic carbocycles. The van der Waals surface area contributed by atoms with E-state index in [-0.39, 0.29) is 29.6 Å². The Kier molecular flexibility index (Phi) is 6.38. The summed E-state index contributed by atoms with van der Waals surface area (Å²) in [6.45, 7) is 0. The summed E-state index contributed by atoms with van der Waals surface area (Å²) < 4.78 is 54.3. The molecule has 1 aromatic carbocycles. The van der Waals surface area contributed by atoms with Gasteiger partial charge in [0.2, 0.25) is 0 Å². The van der Waals surface area contributed by atoms with E-state index in [2.05, 4.69) is 4.18 Å². The van der Waals surface area contributed by atoms with Crippen molar-refractivity contribution in [3.63, 3.8) is 0 Å². The molecule has 0 saturated heterocycles. The summed E-state index contributed by atoms with van der Waals surface area (Å²) in [5, 5.41) is 0. The minimum atomic E-state index is -5.26. The Morgan fingerprint density at radius 3 is 2.06 bits per heavy atom. The third-order valence-electron chi connectivity index (χ3n) is 1.49. The van der Waals surface area contributed by atoms with Gasteiger partial charge in [0.1, 0.15) is 6.26 Å². The van der Waals surface area contributed by atoms with Crippen LogP contribution in [0, 0.1) is 0 Å². The summed E-state index contributed by atoms with van der Waals surface area (Å²) in [7, 11) is -10.3. The fourth-order valence-electron chi connectivity index (χ4n) is 0.788. The second-order valence-corrected chi connectivity index (χ2v) is 7.00. The van der Waals surface area contributed by atoms with Crippen LogP contribution >= 0.6 is 0 Å². The van der Waals surface area contributed by atoms with Gasteiger partial charge in [0, 0.05) is 0 Å². The van der Waals surface area contributed by atoms with E-state index in [1.165, 1.54) is 6.08 Å². The van der Waals surface area contributed by atoms with Crippen LogP contribution in [0.15, 0.2) is 36.6 Å². The van der Waals surface area contributed by atoms with Crippen LogP contribution in [-0.4, -0.2) is 50.9 Å². The van der Waals surface area contributed by atoms with Crippen LogP contribution in [0.1, 0.15) is 5.56 Å². The van der Waals surface area contributed by atoms with Crippen LogP contribution in [-0.2, 0) is 22.5 Å². The molecule has 6 nitrogen and oxygen atoms in total. The molecule has 0 aliphatic heterocycles. The van der Waals surface area contributed by atoms with Crippen molar-refractivity contribution in [1.82, 2.24) is 0 Å². The average molecular weight is 288 g/mol. The molecule has 0 unspecified atom stereocenters. The van der Waals surface area contributed by atoms with E-state index in [1.54, 1.807) is 30.3 Å². The van der Waals surface area contributed by atoms with Crippen molar-refractivity contribution >= 4 is 53.9 Å². The summed E-state index contributed by atoms with van der Waals surface area (Å²) in [5.74, 6) is 0. The van der Waals surface area contributed by atoms with Crippen LogP contribution in [0.3, 0.4) is 0 Å². The molecular formula is C8H9NaO6S2. The third-order valence-corrected chi connectivity index (χ3v) is 4.14. The molecule has 17 heavy (non-hydrogen) atoms. The molecule has 0 amide bonds. The van der Waals surface area contributed by atoms with Gasteiger partial charge in [-0.3, -0.25) is 4.55 Å². The van der Waals surface area contributed by atoms with Gasteiger partial charge in [-0.25, -0.2) is 0 Å². The van der Waals surface area contributed by atoms with Gasteiger partial charge in [0.15, 0.2) is 0 Å². The first kappa shape index (κ1) is 16.6. The minimum absolute atomic E-state index is 0. The van der Waals surface area contributed by atoms with Gasteiger partial charge in [0.25, 0.3) is 0 Å². The molecular weight excluding hydrogens is 279 g/mol. The molecule has 0 aromatic heterocycles. The molecule has 0 fully saturated rings. The van der Waals surface area contributed by atoms with Crippen molar-refractivity contribution in [2.24, 2.45) is 0 Å². The molecule has 1 N–H and O–H groups in total. The van der Waals surface area contributed by atoms with Crippen molar-refractivity contribution in [1.29, 1.82) is 0 Å². The maximum absolute atomic E-state index is 10.7. The predicted molar refractivity (Wildman–Crippen MR) is 64.2 cm³/mol. The Balaban J connectivity index is 0.00000256. The van der Waals surface area contributed by atoms with Gasteiger partial charge in [0.05, 0.1) is 0 Å². The van der Waals surface area contributed by atoms with E-state index in [9.17, 15) is 16.8 Å². The standard InChI is InChI=1S/C8H8O6S2.Na.H/c9-15(10,11)16(12,13)14-7-6-8-4-2-1-3-5-8;;/h1-7H,(H,9,10,11);;. The normalized spacial score (nSPS) is 12.1. The Bertz CT molecular complexity index is 576. The fraction of sp³-hybridized carbons (Fsp3) is 0. The molecule has 0 radical (unpaired) electrons. The first-order chi connectivity index (χ1) is 7.33. The van der Waals surface area contributed by atoms with Crippen LogP contribution in [0.2, 0.25) is 0 Å². The number of benzene rings is 1. The molecule has 0 bridgehead atoms. The number of hydrogen-bond acceptors (Lipinski definition) is 5. The maximum atomic E-state index is 10.7. The van der Waals surface area contributed by atoms with E-state index in [4.69, 9.17) is 4.55 Å². The quantitative estimate of drug-likeness (QED) is 0.367. The van der Waals surface area contributed by atoms with Crippen molar-refractivity contribution in [2.45, 2.75) is 0 Å². The first-order valence-electron chi connectivity index (χ1n) is 3.95. The SMILES string of the molecule is O=S(=O)(O)S(=O)(=O)OC=Cc1ccccc1.[NaH]. The zero-order chi connectivity index (χ0) is 12.2. The number of hydrogen-bond donors (Lipinski definition) is 1. The monoisotopic (exact) mass is 288 g/mol. The third kappa shape index (κ3) is 5.19. The van der Waals surface area contributed by atoms with Crippen molar-refractivity contribution < 1.29 is 25.6 Å². The molecule has 0 saturated carbocycles. The summed E-state index contributed by atoms with van der Waals surface area (Å²) in [6.07, 6.45) is 1.90. The molecule has 9 heteroatoms. The zero-order valence-corrected chi connectivity index (χ0v) is 9.48. The molecule has 1 aromatic rings. The van der Waals surface area contributed by atoms with Gasteiger partial charge < -0.3 is 4.18 Å². The second kappa shape index (κ2) is 6.53. The van der Waals surface area contributed by atoms with Crippen LogP contribution in [0.5, 0.6) is 0 Å². The van der Waals surface area contributed by atoms with E-state index < -0.39 is 18.3 Å². The molecule has 0 heterocycles. The molecule has 0 aliphatic rings. The summed E-state index contributed by atoms with van der Waals surface area (Å²) in [6, 6.07) is 8.47. The topological polar surface area (TPSA) is 97.7 Å². The zero-order valence-electron chi connectivity index (χ0n) is 7.85. The Morgan fingerprint density at radius 2 is 1.59 bits per heavy atom. The number of rotatable bonds is 4. The molecule has 1 rings (SSSR count). The predicted octanol–water partition coefficient (Wildman–Crippen LogP) is 0.158. The Hall–Kier alpha value is -0.380. The first-order valence-corrected chi connectivity index (χ1v) is 7.32. The Labute approximate surface area is 121 Å². The van der Waals surface area contributed by atoms with E-state index in [0.29, 0.717) is 11.8 Å². The average Bonchev–Trinajstić information content (AvgIpc) is 2.17. The summed E-state index contributed by atoms with van der Waals surface area (Å²) in [4.78, 5) is 0. The van der Waals surface area contributed by atoms with Crippen molar-refractivity contribution in [3.05, 3.63) is 42.2 Å². The molecule has 0 atom stereocenters. The summed E-state index contributed by atoms with van der Waals surface area (Å²) >= 11 is 0. The van der Waals surface area contributed by atoms with Crippen LogP contribution in [0.4, 0.5) is 0 Å². The van der Waals surface area contributed by atoms with Crippen LogP contribution in [0.25, 0.3) is 6.08 Å². The summed E-state index contributed by atoms with van der Waals surface area (Å²) in [5.41, 5.74) is 0.619. The van der Waals surface area contributed by atoms with Crippen molar-refractivity contribution in [3.8, 4) is 0 Å². The van der Waals surface area contributed by atoms with E-state index in [0.717, 1.165) is 0 Å².